The zero-order valence-electron chi connectivity index (χ0n) is 12.9. The number of hydrogen-bond acceptors (Lipinski definition) is 7. The first kappa shape index (κ1) is 16.6. The quantitative estimate of drug-likeness (QED) is 0.367. The van der Waals surface area contributed by atoms with Crippen LogP contribution in [0, 0.1) is 0 Å². The van der Waals surface area contributed by atoms with Gasteiger partial charge in [0, 0.05) is 0 Å². The van der Waals surface area contributed by atoms with Gasteiger partial charge in [-0.2, -0.15) is 5.10 Å². The van der Waals surface area contributed by atoms with Crippen LogP contribution in [-0.2, 0) is 12.1 Å². The molecule has 2 aliphatic rings. The summed E-state index contributed by atoms with van der Waals surface area (Å²) >= 11 is 0. The van der Waals surface area contributed by atoms with Gasteiger partial charge in [0.15, 0.2) is 5.69 Å². The molecule has 0 radical (unpaired) electrons. The molecule has 4 atom stereocenters. The molecule has 2 fully saturated rings. The van der Waals surface area contributed by atoms with Gasteiger partial charge in [-0.05, 0) is 12.8 Å². The van der Waals surface area contributed by atoms with E-state index in [0.29, 0.717) is 12.8 Å². The summed E-state index contributed by atoms with van der Waals surface area (Å²) in [4.78, 5) is 12.5. The molecule has 0 aromatic carbocycles. The van der Waals surface area contributed by atoms with Gasteiger partial charge in [0.1, 0.15) is 5.60 Å². The van der Waals surface area contributed by atoms with Crippen molar-refractivity contribution in [1.29, 1.82) is 0 Å². The highest BCUT2D eigenvalue weighted by molar-refractivity contribution is 5.09. The number of nitrogens with one attached hydrogen (secondary N) is 2. The molecule has 0 bridgehead atoms. The molecule has 0 unspecified atom stereocenters. The molecule has 1 saturated carbocycles. The standard InChI is InChI=1S/C14H24N4O5/c19-7-9-11(21)10(20)8(15-9)6-18-13(22)12(16-17-18)14(23)4-2-1-3-5-14/h8-11,15,17,19-21,23H,1-7H2/t8-,9-,10-,11-/m1/s1. The Morgan fingerprint density at radius 1 is 1.17 bits per heavy atom. The van der Waals surface area contributed by atoms with Crippen LogP contribution in [-0.4, -0.2) is 66.3 Å². The van der Waals surface area contributed by atoms with Crippen LogP contribution in [0.1, 0.15) is 37.8 Å². The molecule has 0 spiro atoms. The highest BCUT2D eigenvalue weighted by Crippen LogP contribution is 2.34. The van der Waals surface area contributed by atoms with E-state index in [1.54, 1.807) is 0 Å². The van der Waals surface area contributed by atoms with Gasteiger partial charge in [0.05, 0.1) is 37.4 Å². The Labute approximate surface area is 132 Å². The number of rotatable bonds is 4. The second-order valence-corrected chi connectivity index (χ2v) is 6.61. The van der Waals surface area contributed by atoms with Crippen molar-refractivity contribution in [2.75, 3.05) is 6.61 Å². The number of hydrogen-bond donors (Lipinski definition) is 6. The molecule has 1 aromatic rings. The summed E-state index contributed by atoms with van der Waals surface area (Å²) in [7, 11) is 0. The predicted molar refractivity (Wildman–Crippen MR) is 79.6 cm³/mol. The molecular formula is C14H24N4O5. The van der Waals surface area contributed by atoms with Crippen LogP contribution in [0.4, 0.5) is 0 Å². The molecule has 0 amide bonds. The van der Waals surface area contributed by atoms with Gasteiger partial charge in [-0.3, -0.25) is 4.79 Å². The van der Waals surface area contributed by atoms with Gasteiger partial charge in [-0.1, -0.05) is 19.3 Å². The highest BCUT2D eigenvalue weighted by atomic mass is 16.3. The van der Waals surface area contributed by atoms with Crippen molar-refractivity contribution >= 4 is 0 Å². The number of aromatic nitrogens is 3. The molecule has 1 saturated heterocycles. The average Bonchev–Trinajstić information content (AvgIpc) is 3.04. The minimum atomic E-state index is -1.19. The monoisotopic (exact) mass is 328 g/mol. The van der Waals surface area contributed by atoms with Crippen LogP contribution in [0.15, 0.2) is 4.79 Å². The van der Waals surface area contributed by atoms with Crippen molar-refractivity contribution < 1.29 is 20.4 Å². The Hall–Kier alpha value is -1.26. The van der Waals surface area contributed by atoms with E-state index in [1.165, 1.54) is 4.68 Å². The van der Waals surface area contributed by atoms with Crippen molar-refractivity contribution in [1.82, 2.24) is 20.3 Å². The third-order valence-corrected chi connectivity index (χ3v) is 5.03. The first-order chi connectivity index (χ1) is 11.0. The lowest BCUT2D eigenvalue weighted by molar-refractivity contribution is -0.00576. The van der Waals surface area contributed by atoms with Crippen LogP contribution in [0.25, 0.3) is 0 Å². The fraction of sp³-hybridized carbons (Fsp3) is 0.857. The maximum Gasteiger partial charge on any atom is 0.292 e. The number of nitrogens with zero attached hydrogens (tertiary/aromatic N) is 2. The third kappa shape index (κ3) is 2.94. The third-order valence-electron chi connectivity index (χ3n) is 5.03. The van der Waals surface area contributed by atoms with Crippen molar-refractivity contribution in [3.63, 3.8) is 0 Å². The van der Waals surface area contributed by atoms with Gasteiger partial charge in [-0.25, -0.2) is 9.90 Å². The number of aliphatic hydroxyl groups excluding tert-OH is 3. The Balaban J connectivity index is 1.77. The smallest absolute Gasteiger partial charge is 0.292 e. The molecule has 1 aromatic heterocycles. The van der Waals surface area contributed by atoms with Gasteiger partial charge in [0.25, 0.3) is 5.56 Å². The van der Waals surface area contributed by atoms with E-state index in [-0.39, 0.29) is 18.8 Å². The van der Waals surface area contributed by atoms with E-state index in [2.05, 4.69) is 15.6 Å². The van der Waals surface area contributed by atoms with E-state index in [0.717, 1.165) is 19.3 Å². The normalized spacial score (nSPS) is 33.9. The van der Waals surface area contributed by atoms with Crippen LogP contribution in [0.5, 0.6) is 0 Å². The minimum Gasteiger partial charge on any atom is -0.395 e. The van der Waals surface area contributed by atoms with Gasteiger partial charge in [-0.15, -0.1) is 0 Å². The van der Waals surface area contributed by atoms with Crippen molar-refractivity contribution in [3.05, 3.63) is 16.0 Å². The van der Waals surface area contributed by atoms with E-state index < -0.39 is 35.5 Å². The van der Waals surface area contributed by atoms with Gasteiger partial charge in [0.2, 0.25) is 0 Å². The lowest BCUT2D eigenvalue weighted by atomic mass is 9.83. The zero-order valence-corrected chi connectivity index (χ0v) is 12.9. The summed E-state index contributed by atoms with van der Waals surface area (Å²) in [6.07, 6.45) is 1.60. The zero-order chi connectivity index (χ0) is 16.6. The highest BCUT2D eigenvalue weighted by Gasteiger charge is 2.42. The molecule has 9 heteroatoms. The minimum absolute atomic E-state index is 0.0661. The van der Waals surface area contributed by atoms with E-state index in [1.807, 2.05) is 0 Å². The largest absolute Gasteiger partial charge is 0.395 e. The maximum absolute atomic E-state index is 12.5. The Bertz CT molecular complexity index is 594. The first-order valence-corrected chi connectivity index (χ1v) is 8.07. The summed E-state index contributed by atoms with van der Waals surface area (Å²) < 4.78 is 1.22. The SMILES string of the molecule is O=c1c(C2(O)CCCCC2)n[nH]n1C[C@H]1N[C@H](CO)[C@@H](O)[C@@H]1O. The molecule has 130 valence electrons. The number of H-pyrrole nitrogens is 1. The number of aliphatic hydroxyl groups is 4. The molecular weight excluding hydrogens is 304 g/mol. The lowest BCUT2D eigenvalue weighted by Crippen LogP contribution is -2.41. The lowest BCUT2D eigenvalue weighted by Gasteiger charge is -2.29. The van der Waals surface area contributed by atoms with Crippen molar-refractivity contribution in [2.45, 2.75) is 68.5 Å². The average molecular weight is 328 g/mol. The van der Waals surface area contributed by atoms with Crippen LogP contribution < -0.4 is 10.9 Å². The maximum atomic E-state index is 12.5. The van der Waals surface area contributed by atoms with Gasteiger partial charge >= 0.3 is 0 Å². The number of aromatic amines is 1. The molecule has 1 aliphatic heterocycles. The summed E-state index contributed by atoms with van der Waals surface area (Å²) in [5.41, 5.74) is -1.49. The summed E-state index contributed by atoms with van der Waals surface area (Å²) in [6.45, 7) is -0.242. The summed E-state index contributed by atoms with van der Waals surface area (Å²) in [6, 6.07) is -1.22. The Morgan fingerprint density at radius 2 is 1.83 bits per heavy atom. The van der Waals surface area contributed by atoms with Crippen LogP contribution in [0.2, 0.25) is 0 Å². The van der Waals surface area contributed by atoms with E-state index in [4.69, 9.17) is 5.11 Å². The fourth-order valence-corrected chi connectivity index (χ4v) is 3.60. The summed E-state index contributed by atoms with van der Waals surface area (Å²) in [5, 5.41) is 49.1. The van der Waals surface area contributed by atoms with Crippen molar-refractivity contribution in [2.24, 2.45) is 0 Å². The second kappa shape index (κ2) is 6.33. The topological polar surface area (TPSA) is 144 Å². The van der Waals surface area contributed by atoms with Crippen LogP contribution >= 0.6 is 0 Å². The van der Waals surface area contributed by atoms with Gasteiger partial charge < -0.3 is 25.7 Å². The molecule has 2 heterocycles. The van der Waals surface area contributed by atoms with E-state index in [9.17, 15) is 20.1 Å². The molecule has 3 rings (SSSR count). The van der Waals surface area contributed by atoms with Crippen molar-refractivity contribution in [3.8, 4) is 0 Å². The first-order valence-electron chi connectivity index (χ1n) is 8.07. The fourth-order valence-electron chi connectivity index (χ4n) is 3.60. The Kier molecular flexibility index (Phi) is 4.56. The van der Waals surface area contributed by atoms with Crippen LogP contribution in [0.3, 0.4) is 0 Å². The summed E-state index contributed by atoms with van der Waals surface area (Å²) in [5.74, 6) is 0. The molecule has 23 heavy (non-hydrogen) atoms. The molecule has 1 aliphatic carbocycles. The second-order valence-electron chi connectivity index (χ2n) is 6.61. The predicted octanol–water partition coefficient (Wildman–Crippen LogP) is -2.22. The Morgan fingerprint density at radius 3 is 2.43 bits per heavy atom. The molecule has 9 nitrogen and oxygen atoms in total. The van der Waals surface area contributed by atoms with E-state index >= 15 is 0 Å². The molecule has 6 N–H and O–H groups in total.